The molecule has 2 aromatic rings. The van der Waals surface area contributed by atoms with Crippen LogP contribution in [0.2, 0.25) is 0 Å². The number of carbonyl (C=O) groups excluding carboxylic acids is 2. The number of anilines is 2. The van der Waals surface area contributed by atoms with Gasteiger partial charge in [0.2, 0.25) is 0 Å². The number of hydrogen-bond donors (Lipinski definition) is 3. The number of aliphatic hydroxyl groups excluding tert-OH is 1. The van der Waals surface area contributed by atoms with Crippen LogP contribution in [0.25, 0.3) is 0 Å². The molecule has 0 saturated heterocycles. The van der Waals surface area contributed by atoms with Gasteiger partial charge in [0, 0.05) is 18.3 Å². The van der Waals surface area contributed by atoms with E-state index in [-0.39, 0.29) is 5.91 Å². The van der Waals surface area contributed by atoms with E-state index in [1.807, 2.05) is 31.2 Å². The lowest BCUT2D eigenvalue weighted by Gasteiger charge is -2.22. The zero-order valence-electron chi connectivity index (χ0n) is 14.4. The van der Waals surface area contributed by atoms with E-state index < -0.39 is 18.3 Å². The minimum atomic E-state index is -1.14. The highest BCUT2D eigenvalue weighted by Gasteiger charge is 2.21. The molecule has 3 N–H and O–H groups in total. The lowest BCUT2D eigenvalue weighted by Crippen LogP contribution is -2.35. The molecule has 132 valence electrons. The molecule has 0 aromatic heterocycles. The summed E-state index contributed by atoms with van der Waals surface area (Å²) in [4.78, 5) is 23.7. The van der Waals surface area contributed by atoms with Crippen molar-refractivity contribution in [2.24, 2.45) is 0 Å². The highest BCUT2D eigenvalue weighted by molar-refractivity contribution is 6.09. The van der Waals surface area contributed by atoms with Gasteiger partial charge in [-0.05, 0) is 37.6 Å². The molecule has 2 atom stereocenters. The van der Waals surface area contributed by atoms with E-state index in [4.69, 9.17) is 4.74 Å². The summed E-state index contributed by atoms with van der Waals surface area (Å²) in [7, 11) is 0. The molecule has 2 aromatic carbocycles. The Hall–Kier alpha value is -2.86. The summed E-state index contributed by atoms with van der Waals surface area (Å²) in [6.07, 6.45) is -1.91. The van der Waals surface area contributed by atoms with Crippen LogP contribution in [0.1, 0.15) is 29.8 Å². The first-order valence-electron chi connectivity index (χ1n) is 7.96. The first-order valence-corrected chi connectivity index (χ1v) is 7.96. The standard InChI is InChI=1S/C19H22N2O4/c1-12-8-7-11-16(21-18(23)13(2)25-14(3)22)17(12)19(24)20-15-9-5-4-6-10-15/h4-11,13,18,21,23H,1-3H3,(H,20,24)/t13-,18?/m0/s1. The van der Waals surface area contributed by atoms with Crippen LogP contribution in [0.4, 0.5) is 11.4 Å². The fraction of sp³-hybridized carbons (Fsp3) is 0.263. The van der Waals surface area contributed by atoms with Crippen LogP contribution >= 0.6 is 0 Å². The average Bonchev–Trinajstić information content (AvgIpc) is 2.55. The Balaban J connectivity index is 2.21. The number of nitrogens with one attached hydrogen (secondary N) is 2. The molecule has 0 spiro atoms. The third-order valence-corrected chi connectivity index (χ3v) is 3.63. The van der Waals surface area contributed by atoms with Crippen molar-refractivity contribution in [2.75, 3.05) is 10.6 Å². The third-order valence-electron chi connectivity index (χ3n) is 3.63. The van der Waals surface area contributed by atoms with Crippen LogP contribution in [-0.2, 0) is 9.53 Å². The Morgan fingerprint density at radius 3 is 2.40 bits per heavy atom. The molecule has 0 bridgehead atoms. The number of rotatable bonds is 6. The topological polar surface area (TPSA) is 87.7 Å². The first kappa shape index (κ1) is 18.5. The predicted octanol–water partition coefficient (Wildman–Crippen LogP) is 2.93. The summed E-state index contributed by atoms with van der Waals surface area (Å²) in [5.41, 5.74) is 2.31. The lowest BCUT2D eigenvalue weighted by atomic mass is 10.0. The van der Waals surface area contributed by atoms with E-state index in [2.05, 4.69) is 10.6 Å². The van der Waals surface area contributed by atoms with Crippen LogP contribution in [0.3, 0.4) is 0 Å². The molecular formula is C19H22N2O4. The van der Waals surface area contributed by atoms with Gasteiger partial charge in [0.05, 0.1) is 5.56 Å². The van der Waals surface area contributed by atoms with Gasteiger partial charge in [0.1, 0.15) is 6.10 Å². The van der Waals surface area contributed by atoms with Crippen molar-refractivity contribution in [1.29, 1.82) is 0 Å². The van der Waals surface area contributed by atoms with E-state index in [1.165, 1.54) is 6.92 Å². The molecule has 6 nitrogen and oxygen atoms in total. The molecular weight excluding hydrogens is 320 g/mol. The molecule has 0 saturated carbocycles. The summed E-state index contributed by atoms with van der Waals surface area (Å²) >= 11 is 0. The smallest absolute Gasteiger partial charge is 0.303 e. The molecule has 0 fully saturated rings. The molecule has 0 aliphatic heterocycles. The van der Waals surface area contributed by atoms with Crippen LogP contribution < -0.4 is 10.6 Å². The molecule has 0 heterocycles. The van der Waals surface area contributed by atoms with Crippen molar-refractivity contribution in [2.45, 2.75) is 33.1 Å². The second-order valence-corrected chi connectivity index (χ2v) is 5.72. The van der Waals surface area contributed by atoms with E-state index in [9.17, 15) is 14.7 Å². The Bertz CT molecular complexity index is 746. The van der Waals surface area contributed by atoms with Crippen molar-refractivity contribution < 1.29 is 19.4 Å². The Labute approximate surface area is 146 Å². The number of carbonyl (C=O) groups is 2. The van der Waals surface area contributed by atoms with Gasteiger partial charge in [-0.3, -0.25) is 9.59 Å². The van der Waals surface area contributed by atoms with Gasteiger partial charge in [0.25, 0.3) is 5.91 Å². The van der Waals surface area contributed by atoms with Gasteiger partial charge in [-0.15, -0.1) is 0 Å². The molecule has 0 aliphatic rings. The van der Waals surface area contributed by atoms with Crippen molar-refractivity contribution in [3.8, 4) is 0 Å². The van der Waals surface area contributed by atoms with Crippen LogP contribution in [0.5, 0.6) is 0 Å². The SMILES string of the molecule is CC(=O)O[C@@H](C)C(O)Nc1cccc(C)c1C(=O)Nc1ccccc1. The van der Waals surface area contributed by atoms with Crippen LogP contribution in [0, 0.1) is 6.92 Å². The zero-order chi connectivity index (χ0) is 18.4. The second-order valence-electron chi connectivity index (χ2n) is 5.72. The van der Waals surface area contributed by atoms with Crippen molar-refractivity contribution in [3.05, 3.63) is 59.7 Å². The number of amides is 1. The van der Waals surface area contributed by atoms with Gasteiger partial charge < -0.3 is 20.5 Å². The minimum absolute atomic E-state index is 0.292. The van der Waals surface area contributed by atoms with Crippen molar-refractivity contribution in [3.63, 3.8) is 0 Å². The van der Waals surface area contributed by atoms with Gasteiger partial charge in [-0.25, -0.2) is 0 Å². The predicted molar refractivity (Wildman–Crippen MR) is 96.4 cm³/mol. The number of para-hydroxylation sites is 1. The fourth-order valence-corrected chi connectivity index (χ4v) is 2.41. The number of ether oxygens (including phenoxy) is 1. The number of aryl methyl sites for hydroxylation is 1. The summed E-state index contributed by atoms with van der Waals surface area (Å²) < 4.78 is 4.96. The Kier molecular flexibility index (Phi) is 6.14. The van der Waals surface area contributed by atoms with E-state index >= 15 is 0 Å². The molecule has 25 heavy (non-hydrogen) atoms. The number of hydrogen-bond acceptors (Lipinski definition) is 5. The maximum Gasteiger partial charge on any atom is 0.303 e. The molecule has 0 aliphatic carbocycles. The largest absolute Gasteiger partial charge is 0.458 e. The highest BCUT2D eigenvalue weighted by Crippen LogP contribution is 2.22. The van der Waals surface area contributed by atoms with Crippen molar-refractivity contribution in [1.82, 2.24) is 0 Å². The summed E-state index contributed by atoms with van der Waals surface area (Å²) in [5.74, 6) is -0.779. The van der Waals surface area contributed by atoms with Crippen LogP contribution in [0.15, 0.2) is 48.5 Å². The fourth-order valence-electron chi connectivity index (χ4n) is 2.41. The van der Waals surface area contributed by atoms with E-state index in [1.54, 1.807) is 31.2 Å². The molecule has 0 radical (unpaired) electrons. The van der Waals surface area contributed by atoms with E-state index in [0.717, 1.165) is 5.56 Å². The van der Waals surface area contributed by atoms with Crippen LogP contribution in [-0.4, -0.2) is 29.3 Å². The third kappa shape index (κ3) is 5.06. The lowest BCUT2D eigenvalue weighted by molar-refractivity contribution is -0.149. The number of aliphatic hydroxyl groups is 1. The first-order chi connectivity index (χ1) is 11.9. The minimum Gasteiger partial charge on any atom is -0.458 e. The summed E-state index contributed by atoms with van der Waals surface area (Å²) in [6.45, 7) is 4.65. The number of benzene rings is 2. The highest BCUT2D eigenvalue weighted by atomic mass is 16.6. The molecule has 1 unspecified atom stereocenters. The van der Waals surface area contributed by atoms with Gasteiger partial charge in [0.15, 0.2) is 6.23 Å². The number of esters is 1. The maximum absolute atomic E-state index is 12.7. The molecule has 1 amide bonds. The Morgan fingerprint density at radius 1 is 1.08 bits per heavy atom. The quantitative estimate of drug-likeness (QED) is 0.555. The average molecular weight is 342 g/mol. The second kappa shape index (κ2) is 8.30. The van der Waals surface area contributed by atoms with Gasteiger partial charge >= 0.3 is 5.97 Å². The summed E-state index contributed by atoms with van der Waals surface area (Å²) in [6, 6.07) is 14.4. The normalized spacial score (nSPS) is 12.8. The monoisotopic (exact) mass is 342 g/mol. The van der Waals surface area contributed by atoms with Gasteiger partial charge in [-0.2, -0.15) is 0 Å². The molecule has 6 heteroatoms. The molecule has 2 rings (SSSR count). The van der Waals surface area contributed by atoms with E-state index in [0.29, 0.717) is 16.9 Å². The summed E-state index contributed by atoms with van der Waals surface area (Å²) in [5, 5.41) is 15.9. The zero-order valence-corrected chi connectivity index (χ0v) is 14.4. The Morgan fingerprint density at radius 2 is 1.76 bits per heavy atom. The van der Waals surface area contributed by atoms with Crippen molar-refractivity contribution >= 4 is 23.3 Å². The van der Waals surface area contributed by atoms with Gasteiger partial charge in [-0.1, -0.05) is 30.3 Å². The maximum atomic E-state index is 12.7.